The number of piperidine rings is 1. The molecule has 3 aromatic rings. The van der Waals surface area contributed by atoms with Crippen LogP contribution in [0.2, 0.25) is 0 Å². The molecule has 2 fully saturated rings. The van der Waals surface area contributed by atoms with Crippen LogP contribution in [-0.2, 0) is 9.59 Å². The van der Waals surface area contributed by atoms with Crippen molar-refractivity contribution in [2.24, 2.45) is 11.7 Å². The molecule has 16 heteroatoms. The third-order valence-electron chi connectivity index (χ3n) is 9.52. The number of halogens is 1. The van der Waals surface area contributed by atoms with E-state index in [0.717, 1.165) is 68.6 Å². The van der Waals surface area contributed by atoms with E-state index in [9.17, 15) is 28.8 Å². The van der Waals surface area contributed by atoms with Gasteiger partial charge in [-0.3, -0.25) is 34.2 Å². The second-order valence-corrected chi connectivity index (χ2v) is 12.6. The zero-order valence-electron chi connectivity index (χ0n) is 26.1. The van der Waals surface area contributed by atoms with E-state index in [-0.39, 0.29) is 28.6 Å². The number of nitrogens with two attached hydrogens (primary N) is 1. The molecular formula is C33H32FN9O6. The van der Waals surface area contributed by atoms with Gasteiger partial charge in [0.1, 0.15) is 11.9 Å². The van der Waals surface area contributed by atoms with Gasteiger partial charge in [0.05, 0.1) is 11.1 Å². The summed E-state index contributed by atoms with van der Waals surface area (Å²) in [6, 6.07) is 8.63. The molecule has 0 radical (unpaired) electrons. The van der Waals surface area contributed by atoms with Crippen LogP contribution in [0, 0.1) is 11.7 Å². The minimum atomic E-state index is -1.18. The van der Waals surface area contributed by atoms with Gasteiger partial charge >= 0.3 is 5.69 Å². The quantitative estimate of drug-likeness (QED) is 0.250. The second-order valence-electron chi connectivity index (χ2n) is 12.6. The summed E-state index contributed by atoms with van der Waals surface area (Å²) in [6.45, 7) is 4.07. The number of rotatable bonds is 8. The molecule has 0 spiro atoms. The predicted octanol–water partition coefficient (Wildman–Crippen LogP) is 1.03. The van der Waals surface area contributed by atoms with Crippen molar-refractivity contribution in [3.8, 4) is 0 Å². The fraction of sp³-hybridized carbons (Fsp3) is 0.333. The van der Waals surface area contributed by atoms with E-state index in [1.165, 1.54) is 12.1 Å². The minimum absolute atomic E-state index is 0.0350. The summed E-state index contributed by atoms with van der Waals surface area (Å²) in [5.41, 5.74) is 6.44. The SMILES string of the molecule is NC(=O)c1n[nH]c(=O)nc1Nc1ccc(C2CCN(CC3CCN(c4ccc5c(c4)C(=O)N(C4C=CC(=O)NC4=O)C5=O)C3)CC2)c(F)c1. The smallest absolute Gasteiger partial charge is 0.363 e. The van der Waals surface area contributed by atoms with Crippen molar-refractivity contribution < 1.29 is 28.4 Å². The number of benzene rings is 2. The van der Waals surface area contributed by atoms with Crippen LogP contribution in [0.15, 0.2) is 53.3 Å². The molecule has 15 nitrogen and oxygen atoms in total. The van der Waals surface area contributed by atoms with E-state index in [0.29, 0.717) is 17.2 Å². The van der Waals surface area contributed by atoms with E-state index in [1.54, 1.807) is 24.3 Å². The molecular weight excluding hydrogens is 637 g/mol. The Morgan fingerprint density at radius 2 is 1.76 bits per heavy atom. The summed E-state index contributed by atoms with van der Waals surface area (Å²) in [5.74, 6) is -3.48. The van der Waals surface area contributed by atoms with Gasteiger partial charge in [0, 0.05) is 37.1 Å². The van der Waals surface area contributed by atoms with E-state index in [2.05, 4.69) is 35.6 Å². The van der Waals surface area contributed by atoms with E-state index < -0.39 is 47.1 Å². The van der Waals surface area contributed by atoms with E-state index in [4.69, 9.17) is 5.73 Å². The third kappa shape index (κ3) is 6.17. The molecule has 1 aromatic heterocycles. The van der Waals surface area contributed by atoms with Crippen molar-refractivity contribution in [2.45, 2.75) is 31.2 Å². The molecule has 2 unspecified atom stereocenters. The molecule has 7 rings (SSSR count). The normalized spacial score (nSPS) is 21.3. The second kappa shape index (κ2) is 12.7. The number of H-pyrrole nitrogens is 1. The summed E-state index contributed by atoms with van der Waals surface area (Å²) < 4.78 is 15.3. The number of primary amides is 1. The lowest BCUT2D eigenvalue weighted by Crippen LogP contribution is -2.51. The van der Waals surface area contributed by atoms with E-state index >= 15 is 4.39 Å². The highest BCUT2D eigenvalue weighted by Gasteiger charge is 2.43. The Labute approximate surface area is 278 Å². The van der Waals surface area contributed by atoms with Crippen LogP contribution in [0.1, 0.15) is 61.9 Å². The number of nitrogens with zero attached hydrogens (tertiary/aromatic N) is 5. The minimum Gasteiger partial charge on any atom is -0.371 e. The van der Waals surface area contributed by atoms with Gasteiger partial charge in [0.15, 0.2) is 11.5 Å². The maximum Gasteiger partial charge on any atom is 0.363 e. The monoisotopic (exact) mass is 669 g/mol. The molecule has 4 aliphatic rings. The Morgan fingerprint density at radius 1 is 0.980 bits per heavy atom. The van der Waals surface area contributed by atoms with Gasteiger partial charge < -0.3 is 20.9 Å². The van der Waals surface area contributed by atoms with Gasteiger partial charge in [-0.25, -0.2) is 14.3 Å². The number of anilines is 3. The maximum atomic E-state index is 15.3. The molecule has 2 aromatic carbocycles. The number of aromatic amines is 1. The Morgan fingerprint density at radius 3 is 2.49 bits per heavy atom. The average molecular weight is 670 g/mol. The first kappa shape index (κ1) is 31.8. The zero-order chi connectivity index (χ0) is 34.4. The van der Waals surface area contributed by atoms with Crippen LogP contribution in [0.4, 0.5) is 21.6 Å². The number of likely N-dealkylation sites (tertiary alicyclic amines) is 1. The summed E-state index contributed by atoms with van der Waals surface area (Å²) in [5, 5.41) is 10.5. The first-order valence-corrected chi connectivity index (χ1v) is 15.9. The van der Waals surface area contributed by atoms with Crippen molar-refractivity contribution in [1.82, 2.24) is 30.3 Å². The van der Waals surface area contributed by atoms with Gasteiger partial charge in [-0.15, -0.1) is 0 Å². The highest BCUT2D eigenvalue weighted by Crippen LogP contribution is 2.34. The largest absolute Gasteiger partial charge is 0.371 e. The topological polar surface area (TPSA) is 204 Å². The first-order chi connectivity index (χ1) is 23.5. The Kier molecular flexibility index (Phi) is 8.23. The van der Waals surface area contributed by atoms with E-state index in [1.807, 2.05) is 6.07 Å². The van der Waals surface area contributed by atoms with Crippen LogP contribution in [-0.4, -0.2) is 93.3 Å². The van der Waals surface area contributed by atoms with Crippen LogP contribution in [0.25, 0.3) is 0 Å². The van der Waals surface area contributed by atoms with Gasteiger partial charge in [-0.05, 0) is 86.2 Å². The number of imide groups is 2. The number of fused-ring (bicyclic) bond motifs is 1. The lowest BCUT2D eigenvalue weighted by Gasteiger charge is -2.34. The molecule has 2 saturated heterocycles. The number of hydrogen-bond acceptors (Lipinski definition) is 11. The fourth-order valence-corrected chi connectivity index (χ4v) is 7.08. The number of carbonyl (C=O) groups is 5. The number of hydrogen-bond donors (Lipinski definition) is 4. The number of carbonyl (C=O) groups excluding carboxylic acids is 5. The first-order valence-electron chi connectivity index (χ1n) is 15.9. The Bertz CT molecular complexity index is 1990. The standard InChI is InChI=1S/C33H32FN9O6/c34-24-13-19(36-29-27(28(35)45)39-40-33(49)38-29)1-3-21(24)18-8-10-41(11-9-18)15-17-7-12-42(16-17)20-2-4-22-23(14-20)32(48)43(31(22)47)25-5-6-26(44)37-30(25)46/h1-6,13-14,17-18,25H,7-12,15-16H2,(H2,35,45)(H,37,44,46)(H2,36,38,40,49). The molecule has 0 bridgehead atoms. The molecule has 49 heavy (non-hydrogen) atoms. The number of amides is 5. The fourth-order valence-electron chi connectivity index (χ4n) is 7.08. The molecule has 0 aliphatic carbocycles. The highest BCUT2D eigenvalue weighted by molar-refractivity contribution is 6.24. The van der Waals surface area contributed by atoms with Crippen molar-refractivity contribution in [3.63, 3.8) is 0 Å². The highest BCUT2D eigenvalue weighted by atomic mass is 19.1. The number of nitrogens with one attached hydrogen (secondary N) is 3. The zero-order valence-corrected chi connectivity index (χ0v) is 26.1. The summed E-state index contributed by atoms with van der Waals surface area (Å²) in [7, 11) is 0. The maximum absolute atomic E-state index is 15.3. The van der Waals surface area contributed by atoms with Crippen LogP contribution in [0.3, 0.4) is 0 Å². The Balaban J connectivity index is 0.934. The van der Waals surface area contributed by atoms with Crippen LogP contribution in [0.5, 0.6) is 0 Å². The lowest BCUT2D eigenvalue weighted by molar-refractivity contribution is -0.130. The van der Waals surface area contributed by atoms with Gasteiger partial charge in [-0.2, -0.15) is 10.1 Å². The Hall–Kier alpha value is -5.77. The van der Waals surface area contributed by atoms with Crippen LogP contribution >= 0.6 is 0 Å². The van der Waals surface area contributed by atoms with Gasteiger partial charge in [-0.1, -0.05) is 6.07 Å². The van der Waals surface area contributed by atoms with Crippen molar-refractivity contribution in [1.29, 1.82) is 0 Å². The summed E-state index contributed by atoms with van der Waals surface area (Å²) in [6.07, 6.45) is 4.92. The molecule has 5 N–H and O–H groups in total. The predicted molar refractivity (Wildman–Crippen MR) is 173 cm³/mol. The summed E-state index contributed by atoms with van der Waals surface area (Å²) in [4.78, 5) is 82.5. The molecule has 2 atom stereocenters. The third-order valence-corrected chi connectivity index (χ3v) is 9.52. The average Bonchev–Trinajstić information content (AvgIpc) is 3.63. The molecule has 0 saturated carbocycles. The van der Waals surface area contributed by atoms with Crippen molar-refractivity contribution in [3.05, 3.63) is 87.2 Å². The molecule has 5 heterocycles. The molecule has 5 amide bonds. The molecule has 252 valence electrons. The van der Waals surface area contributed by atoms with Gasteiger partial charge in [0.25, 0.3) is 23.6 Å². The van der Waals surface area contributed by atoms with Gasteiger partial charge in [0.2, 0.25) is 5.91 Å². The lowest BCUT2D eigenvalue weighted by atomic mass is 9.88. The summed E-state index contributed by atoms with van der Waals surface area (Å²) >= 11 is 0. The van der Waals surface area contributed by atoms with Crippen molar-refractivity contribution in [2.75, 3.05) is 42.9 Å². The van der Waals surface area contributed by atoms with Crippen LogP contribution < -0.4 is 27.0 Å². The number of aromatic nitrogens is 3. The molecule has 4 aliphatic heterocycles. The van der Waals surface area contributed by atoms with Crippen molar-refractivity contribution >= 4 is 46.7 Å².